The molecule has 2 aromatic carbocycles. The minimum Gasteiger partial charge on any atom is -0.274 e. The lowest BCUT2D eigenvalue weighted by Gasteiger charge is -2.27. The molecule has 0 aromatic heterocycles. The van der Waals surface area contributed by atoms with Crippen LogP contribution in [0.1, 0.15) is 35.7 Å². The van der Waals surface area contributed by atoms with Crippen LogP contribution in [0.4, 0.5) is 11.4 Å². The fourth-order valence-electron chi connectivity index (χ4n) is 3.31. The van der Waals surface area contributed by atoms with Crippen LogP contribution >= 0.6 is 11.6 Å². The van der Waals surface area contributed by atoms with Crippen LogP contribution in [0.15, 0.2) is 42.5 Å². The second kappa shape index (κ2) is 9.15. The average molecular weight is 459 g/mol. The number of carbonyl (C=O) groups excluding carboxylic acids is 4. The number of anilines is 1. The van der Waals surface area contributed by atoms with E-state index in [1.807, 2.05) is 0 Å². The predicted molar refractivity (Wildman–Crippen MR) is 115 cm³/mol. The SMILES string of the molecule is CCC(=O)N(NC(=O)c1cccc([N+](=O)[O-])c1)C1CC(=O)N(c2cc(Cl)ccc2C)C1=O. The molecule has 1 aliphatic rings. The Morgan fingerprint density at radius 3 is 2.62 bits per heavy atom. The average Bonchev–Trinajstić information content (AvgIpc) is 3.06. The van der Waals surface area contributed by atoms with Crippen LogP contribution in [-0.4, -0.2) is 39.6 Å². The van der Waals surface area contributed by atoms with Crippen LogP contribution in [0.25, 0.3) is 0 Å². The smallest absolute Gasteiger partial charge is 0.270 e. The van der Waals surface area contributed by atoms with Crippen molar-refractivity contribution >= 4 is 46.6 Å². The van der Waals surface area contributed by atoms with Crippen LogP contribution in [0.3, 0.4) is 0 Å². The maximum Gasteiger partial charge on any atom is 0.270 e. The summed E-state index contributed by atoms with van der Waals surface area (Å²) in [5.41, 5.74) is 2.88. The van der Waals surface area contributed by atoms with Gasteiger partial charge in [0, 0.05) is 29.1 Å². The van der Waals surface area contributed by atoms with Crippen LogP contribution in [-0.2, 0) is 14.4 Å². The van der Waals surface area contributed by atoms with Crippen LogP contribution < -0.4 is 10.3 Å². The highest BCUT2D eigenvalue weighted by Crippen LogP contribution is 2.30. The van der Waals surface area contributed by atoms with E-state index in [1.54, 1.807) is 19.1 Å². The number of hydrazine groups is 1. The molecule has 1 saturated heterocycles. The Morgan fingerprint density at radius 2 is 1.97 bits per heavy atom. The van der Waals surface area contributed by atoms with Gasteiger partial charge in [-0.25, -0.2) is 9.91 Å². The second-order valence-electron chi connectivity index (χ2n) is 7.08. The molecule has 1 aliphatic heterocycles. The number of aryl methyl sites for hydroxylation is 1. The van der Waals surface area contributed by atoms with Gasteiger partial charge in [0.2, 0.25) is 11.8 Å². The Morgan fingerprint density at radius 1 is 1.25 bits per heavy atom. The lowest BCUT2D eigenvalue weighted by molar-refractivity contribution is -0.384. The number of non-ortho nitro benzene ring substituents is 1. The number of nitro groups is 1. The van der Waals surface area contributed by atoms with Gasteiger partial charge in [-0.2, -0.15) is 0 Å². The van der Waals surface area contributed by atoms with Crippen LogP contribution in [0.5, 0.6) is 0 Å². The Labute approximate surface area is 187 Å². The van der Waals surface area contributed by atoms with Crippen molar-refractivity contribution in [2.75, 3.05) is 4.90 Å². The first-order chi connectivity index (χ1) is 15.1. The number of hydrogen-bond acceptors (Lipinski definition) is 6. The van der Waals surface area contributed by atoms with Crippen molar-refractivity contribution in [2.24, 2.45) is 0 Å². The van der Waals surface area contributed by atoms with E-state index in [-0.39, 0.29) is 24.1 Å². The number of nitrogens with one attached hydrogen (secondary N) is 1. The maximum absolute atomic E-state index is 13.1. The van der Waals surface area contributed by atoms with Gasteiger partial charge >= 0.3 is 0 Å². The van der Waals surface area contributed by atoms with Gasteiger partial charge in [-0.05, 0) is 30.7 Å². The molecule has 2 aromatic rings. The highest BCUT2D eigenvalue weighted by Gasteiger charge is 2.45. The summed E-state index contributed by atoms with van der Waals surface area (Å²) < 4.78 is 0. The number of benzene rings is 2. The topological polar surface area (TPSA) is 130 Å². The Balaban J connectivity index is 1.90. The summed E-state index contributed by atoms with van der Waals surface area (Å²) in [7, 11) is 0. The van der Waals surface area contributed by atoms with Gasteiger partial charge < -0.3 is 0 Å². The highest BCUT2D eigenvalue weighted by atomic mass is 35.5. The maximum atomic E-state index is 13.1. The molecule has 1 N–H and O–H groups in total. The first-order valence-corrected chi connectivity index (χ1v) is 10.0. The Kier molecular flexibility index (Phi) is 6.54. The molecule has 1 atom stereocenters. The molecule has 0 saturated carbocycles. The van der Waals surface area contributed by atoms with E-state index in [0.717, 1.165) is 16.0 Å². The molecule has 0 spiro atoms. The van der Waals surface area contributed by atoms with E-state index >= 15 is 0 Å². The zero-order valence-corrected chi connectivity index (χ0v) is 18.0. The molecule has 0 bridgehead atoms. The normalized spacial score (nSPS) is 15.6. The highest BCUT2D eigenvalue weighted by molar-refractivity contribution is 6.31. The summed E-state index contributed by atoms with van der Waals surface area (Å²) >= 11 is 6.02. The molecule has 0 radical (unpaired) electrons. The summed E-state index contributed by atoms with van der Waals surface area (Å²) in [5.74, 6) is -2.67. The van der Waals surface area contributed by atoms with E-state index in [1.165, 1.54) is 31.2 Å². The molecular formula is C21H19ClN4O6. The number of halogens is 1. The van der Waals surface area contributed by atoms with Gasteiger partial charge in [0.15, 0.2) is 0 Å². The van der Waals surface area contributed by atoms with Crippen molar-refractivity contribution in [3.63, 3.8) is 0 Å². The summed E-state index contributed by atoms with van der Waals surface area (Å²) in [5, 5.41) is 12.1. The first-order valence-electron chi connectivity index (χ1n) is 9.64. The van der Waals surface area contributed by atoms with Gasteiger partial charge in [0.05, 0.1) is 17.0 Å². The summed E-state index contributed by atoms with van der Waals surface area (Å²) in [6.45, 7) is 3.24. The molecule has 166 valence electrons. The minimum atomic E-state index is -1.27. The summed E-state index contributed by atoms with van der Waals surface area (Å²) in [6, 6.07) is 8.41. The van der Waals surface area contributed by atoms with Gasteiger partial charge in [-0.3, -0.25) is 34.7 Å². The molecular weight excluding hydrogens is 440 g/mol. The lowest BCUT2D eigenvalue weighted by Crippen LogP contribution is -2.54. The number of nitrogens with zero attached hydrogens (tertiary/aromatic N) is 3. The van der Waals surface area contributed by atoms with E-state index in [9.17, 15) is 29.3 Å². The molecule has 1 heterocycles. The fourth-order valence-corrected chi connectivity index (χ4v) is 3.48. The molecule has 11 heteroatoms. The van der Waals surface area contributed by atoms with Gasteiger partial charge in [-0.1, -0.05) is 30.7 Å². The number of rotatable bonds is 5. The number of imide groups is 1. The van der Waals surface area contributed by atoms with Gasteiger partial charge in [0.1, 0.15) is 6.04 Å². The van der Waals surface area contributed by atoms with Crippen LogP contribution in [0.2, 0.25) is 5.02 Å². The molecule has 1 unspecified atom stereocenters. The van der Waals surface area contributed by atoms with Crippen molar-refractivity contribution in [2.45, 2.75) is 32.7 Å². The van der Waals surface area contributed by atoms with Crippen molar-refractivity contribution in [1.82, 2.24) is 10.4 Å². The number of nitro benzene ring substituents is 1. The second-order valence-corrected chi connectivity index (χ2v) is 7.52. The van der Waals surface area contributed by atoms with E-state index in [2.05, 4.69) is 5.43 Å². The third-order valence-corrected chi connectivity index (χ3v) is 5.19. The molecule has 32 heavy (non-hydrogen) atoms. The first kappa shape index (κ1) is 22.9. The molecule has 0 aliphatic carbocycles. The quantitative estimate of drug-likeness (QED) is 0.416. The minimum absolute atomic E-state index is 0.0522. The molecule has 1 fully saturated rings. The van der Waals surface area contributed by atoms with E-state index in [4.69, 9.17) is 11.6 Å². The molecule has 4 amide bonds. The zero-order chi connectivity index (χ0) is 23.6. The number of carbonyl (C=O) groups is 4. The van der Waals surface area contributed by atoms with Gasteiger partial charge in [0.25, 0.3) is 17.5 Å². The fraction of sp³-hybridized carbons (Fsp3) is 0.238. The standard InChI is InChI=1S/C21H19ClN4O6/c1-3-18(27)25(23-20(29)13-5-4-6-15(9-13)26(31)32)17-11-19(28)24(21(17)30)16-10-14(22)8-7-12(16)2/h4-10,17H,3,11H2,1-2H3,(H,23,29). The van der Waals surface area contributed by atoms with Crippen LogP contribution in [0, 0.1) is 17.0 Å². The third-order valence-electron chi connectivity index (χ3n) is 4.96. The van der Waals surface area contributed by atoms with Gasteiger partial charge in [-0.15, -0.1) is 0 Å². The largest absolute Gasteiger partial charge is 0.274 e. The van der Waals surface area contributed by atoms with Crippen molar-refractivity contribution < 1.29 is 24.1 Å². The van der Waals surface area contributed by atoms with E-state index in [0.29, 0.717) is 16.3 Å². The third kappa shape index (κ3) is 4.45. The number of amides is 4. The van der Waals surface area contributed by atoms with Crippen molar-refractivity contribution in [3.8, 4) is 0 Å². The monoisotopic (exact) mass is 458 g/mol. The number of hydrogen-bond donors (Lipinski definition) is 1. The zero-order valence-electron chi connectivity index (χ0n) is 17.2. The summed E-state index contributed by atoms with van der Waals surface area (Å²) in [6.07, 6.45) is -0.394. The lowest BCUT2D eigenvalue weighted by atomic mass is 10.2. The van der Waals surface area contributed by atoms with Crippen molar-refractivity contribution in [3.05, 3.63) is 68.7 Å². The molecule has 3 rings (SSSR count). The Bertz CT molecular complexity index is 1140. The van der Waals surface area contributed by atoms with E-state index < -0.39 is 34.6 Å². The van der Waals surface area contributed by atoms with Crippen molar-refractivity contribution in [1.29, 1.82) is 0 Å². The Hall–Kier alpha value is -3.79. The summed E-state index contributed by atoms with van der Waals surface area (Å²) in [4.78, 5) is 62.3. The predicted octanol–water partition coefficient (Wildman–Crippen LogP) is 2.77. The molecule has 10 nitrogen and oxygen atoms in total.